The van der Waals surface area contributed by atoms with Gasteiger partial charge in [0.1, 0.15) is 17.5 Å². The molecule has 1 aromatic heterocycles. The normalized spacial score (nSPS) is 28.1. The van der Waals surface area contributed by atoms with Crippen molar-refractivity contribution in [3.05, 3.63) is 42.5 Å². The van der Waals surface area contributed by atoms with Gasteiger partial charge < -0.3 is 24.2 Å². The third-order valence-electron chi connectivity index (χ3n) is 5.79. The molecular formula is C20H21N3O5. The van der Waals surface area contributed by atoms with E-state index in [4.69, 9.17) is 14.2 Å². The quantitative estimate of drug-likeness (QED) is 0.858. The molecule has 5 rings (SSSR count). The van der Waals surface area contributed by atoms with Gasteiger partial charge in [0.05, 0.1) is 12.3 Å². The van der Waals surface area contributed by atoms with Crippen LogP contribution in [-0.2, 0) is 0 Å². The van der Waals surface area contributed by atoms with E-state index in [2.05, 4.69) is 9.97 Å². The number of carbonyl (C=O) groups is 1. The molecule has 28 heavy (non-hydrogen) atoms. The highest BCUT2D eigenvalue weighted by Gasteiger charge is 2.44. The Morgan fingerprint density at radius 3 is 2.79 bits per heavy atom. The van der Waals surface area contributed by atoms with E-state index in [1.165, 1.54) is 12.4 Å². The van der Waals surface area contributed by atoms with Crippen LogP contribution in [0.15, 0.2) is 36.8 Å². The van der Waals surface area contributed by atoms with Crippen LogP contribution in [0.4, 0.5) is 0 Å². The van der Waals surface area contributed by atoms with Gasteiger partial charge in [0.25, 0.3) is 5.91 Å². The van der Waals surface area contributed by atoms with Crippen molar-refractivity contribution >= 4 is 5.91 Å². The van der Waals surface area contributed by atoms with Gasteiger partial charge in [-0.15, -0.1) is 0 Å². The zero-order chi connectivity index (χ0) is 19.1. The number of carbonyl (C=O) groups excluding carboxylic acids is 1. The zero-order valence-electron chi connectivity index (χ0n) is 15.2. The van der Waals surface area contributed by atoms with E-state index in [-0.39, 0.29) is 24.7 Å². The van der Waals surface area contributed by atoms with E-state index in [1.807, 2.05) is 17.0 Å². The van der Waals surface area contributed by atoms with Gasteiger partial charge in [0.15, 0.2) is 11.5 Å². The molecule has 0 spiro atoms. The number of hydrogen-bond acceptors (Lipinski definition) is 7. The van der Waals surface area contributed by atoms with Gasteiger partial charge in [-0.25, -0.2) is 4.98 Å². The lowest BCUT2D eigenvalue weighted by atomic mass is 9.78. The van der Waals surface area contributed by atoms with Crippen LogP contribution >= 0.6 is 0 Å². The number of rotatable bonds is 3. The molecule has 3 aliphatic rings. The van der Waals surface area contributed by atoms with Gasteiger partial charge in [0, 0.05) is 31.5 Å². The minimum absolute atomic E-state index is 0.106. The molecule has 8 nitrogen and oxygen atoms in total. The second kappa shape index (κ2) is 6.94. The van der Waals surface area contributed by atoms with Crippen LogP contribution in [0.3, 0.4) is 0 Å². The van der Waals surface area contributed by atoms with E-state index in [9.17, 15) is 9.90 Å². The summed E-state index contributed by atoms with van der Waals surface area (Å²) in [5, 5.41) is 10.6. The number of likely N-dealkylation sites (tertiary alicyclic amines) is 1. The number of aliphatic hydroxyl groups excluding tert-OH is 1. The molecule has 0 radical (unpaired) electrons. The summed E-state index contributed by atoms with van der Waals surface area (Å²) in [7, 11) is 0. The van der Waals surface area contributed by atoms with Gasteiger partial charge in [-0.05, 0) is 36.8 Å². The van der Waals surface area contributed by atoms with E-state index in [1.54, 1.807) is 12.3 Å². The molecule has 1 saturated heterocycles. The van der Waals surface area contributed by atoms with Crippen LogP contribution in [0.2, 0.25) is 0 Å². The molecule has 1 saturated carbocycles. The lowest BCUT2D eigenvalue weighted by molar-refractivity contribution is -0.0232. The van der Waals surface area contributed by atoms with Crippen molar-refractivity contribution in [2.75, 3.05) is 19.9 Å². The molecule has 2 aromatic rings. The molecule has 1 amide bonds. The minimum Gasteiger partial charge on any atom is -0.488 e. The summed E-state index contributed by atoms with van der Waals surface area (Å²) in [5.74, 6) is 2.46. The fourth-order valence-electron chi connectivity index (χ4n) is 4.38. The largest absolute Gasteiger partial charge is 0.488 e. The topological polar surface area (TPSA) is 94.0 Å². The molecule has 2 fully saturated rings. The molecule has 0 unspecified atom stereocenters. The molecule has 0 bridgehead atoms. The lowest BCUT2D eigenvalue weighted by Crippen LogP contribution is -2.42. The van der Waals surface area contributed by atoms with Crippen molar-refractivity contribution in [1.82, 2.24) is 14.9 Å². The number of aromatic nitrogens is 2. The lowest BCUT2D eigenvalue weighted by Gasteiger charge is -2.35. The summed E-state index contributed by atoms with van der Waals surface area (Å²) in [6.07, 6.45) is 5.00. The Bertz CT molecular complexity index is 877. The second-order valence-electron chi connectivity index (χ2n) is 7.53. The fraction of sp³-hybridized carbons (Fsp3) is 0.450. The Morgan fingerprint density at radius 2 is 1.96 bits per heavy atom. The van der Waals surface area contributed by atoms with Crippen LogP contribution < -0.4 is 14.2 Å². The van der Waals surface area contributed by atoms with Crippen LogP contribution in [0, 0.1) is 11.8 Å². The maximum Gasteiger partial charge on any atom is 0.274 e. The average Bonchev–Trinajstić information content (AvgIpc) is 3.34. The highest BCUT2D eigenvalue weighted by atomic mass is 16.7. The van der Waals surface area contributed by atoms with Crippen LogP contribution in [-0.4, -0.2) is 58.0 Å². The van der Waals surface area contributed by atoms with E-state index in [0.29, 0.717) is 54.8 Å². The van der Waals surface area contributed by atoms with Gasteiger partial charge in [-0.3, -0.25) is 9.78 Å². The van der Waals surface area contributed by atoms with E-state index < -0.39 is 6.10 Å². The summed E-state index contributed by atoms with van der Waals surface area (Å²) in [6.45, 7) is 1.49. The van der Waals surface area contributed by atoms with Gasteiger partial charge in [0.2, 0.25) is 6.79 Å². The standard InChI is InChI=1S/C20H21N3O5/c24-16-5-12-9-23(20(25)15-8-21-3-4-22-15)10-13(12)6-18(16)28-14-1-2-17-19(7-14)27-11-26-17/h1-4,7-8,12-13,16,18,24H,5-6,9-11H2/t12-,13+,16+,18+/m0/s1. The van der Waals surface area contributed by atoms with Crippen LogP contribution in [0.25, 0.3) is 0 Å². The number of amides is 1. The van der Waals surface area contributed by atoms with Crippen molar-refractivity contribution in [1.29, 1.82) is 0 Å². The predicted octanol–water partition coefficient (Wildman–Crippen LogP) is 1.50. The average molecular weight is 383 g/mol. The number of hydrogen-bond donors (Lipinski definition) is 1. The van der Waals surface area contributed by atoms with Crippen molar-refractivity contribution < 1.29 is 24.1 Å². The van der Waals surface area contributed by atoms with E-state index >= 15 is 0 Å². The number of fused-ring (bicyclic) bond motifs is 2. The fourth-order valence-corrected chi connectivity index (χ4v) is 4.38. The smallest absolute Gasteiger partial charge is 0.274 e. The van der Waals surface area contributed by atoms with E-state index in [0.717, 1.165) is 0 Å². The molecule has 1 aromatic carbocycles. The molecule has 4 atom stereocenters. The molecule has 2 aliphatic heterocycles. The highest BCUT2D eigenvalue weighted by Crippen LogP contribution is 2.40. The minimum atomic E-state index is -0.571. The first kappa shape index (κ1) is 17.2. The van der Waals surface area contributed by atoms with Crippen molar-refractivity contribution in [2.45, 2.75) is 25.0 Å². The van der Waals surface area contributed by atoms with Crippen molar-refractivity contribution in [3.8, 4) is 17.2 Å². The summed E-state index contributed by atoms with van der Waals surface area (Å²) in [4.78, 5) is 22.6. The Labute approximate surface area is 162 Å². The molecule has 1 N–H and O–H groups in total. The third-order valence-corrected chi connectivity index (χ3v) is 5.79. The first-order chi connectivity index (χ1) is 13.7. The van der Waals surface area contributed by atoms with Gasteiger partial charge in [-0.1, -0.05) is 0 Å². The number of benzene rings is 1. The maximum absolute atomic E-state index is 12.7. The first-order valence-electron chi connectivity index (χ1n) is 9.47. The SMILES string of the molecule is O=C(c1cnccn1)N1C[C@H]2C[C@@H](Oc3ccc4c(c3)OCO4)[C@H](O)C[C@H]2C1. The summed E-state index contributed by atoms with van der Waals surface area (Å²) in [5.41, 5.74) is 0.356. The van der Waals surface area contributed by atoms with Gasteiger partial charge >= 0.3 is 0 Å². The molecule has 8 heteroatoms. The summed E-state index contributed by atoms with van der Waals surface area (Å²) < 4.78 is 16.8. The van der Waals surface area contributed by atoms with Crippen LogP contribution in [0.5, 0.6) is 17.2 Å². The Hall–Kier alpha value is -2.87. The van der Waals surface area contributed by atoms with Crippen molar-refractivity contribution in [2.24, 2.45) is 11.8 Å². The predicted molar refractivity (Wildman–Crippen MR) is 97.1 cm³/mol. The van der Waals surface area contributed by atoms with Crippen LogP contribution in [0.1, 0.15) is 23.3 Å². The second-order valence-corrected chi connectivity index (χ2v) is 7.53. The van der Waals surface area contributed by atoms with Crippen molar-refractivity contribution in [3.63, 3.8) is 0 Å². The zero-order valence-corrected chi connectivity index (χ0v) is 15.2. The highest BCUT2D eigenvalue weighted by molar-refractivity contribution is 5.92. The molecule has 1 aliphatic carbocycles. The molecule has 146 valence electrons. The Kier molecular flexibility index (Phi) is 4.27. The third kappa shape index (κ3) is 3.13. The Morgan fingerprint density at radius 1 is 1.14 bits per heavy atom. The Balaban J connectivity index is 1.26. The summed E-state index contributed by atoms with van der Waals surface area (Å²) in [6, 6.07) is 5.43. The number of aliphatic hydroxyl groups is 1. The summed E-state index contributed by atoms with van der Waals surface area (Å²) >= 11 is 0. The van der Waals surface area contributed by atoms with Gasteiger partial charge in [-0.2, -0.15) is 0 Å². The molecular weight excluding hydrogens is 362 g/mol. The molecule has 3 heterocycles. The number of nitrogens with zero attached hydrogens (tertiary/aromatic N) is 3. The maximum atomic E-state index is 12.7. The monoisotopic (exact) mass is 383 g/mol. The number of ether oxygens (including phenoxy) is 3. The first-order valence-corrected chi connectivity index (χ1v) is 9.47.